The van der Waals surface area contributed by atoms with Gasteiger partial charge in [0.05, 0.1) is 18.2 Å². The fraction of sp³-hybridized carbons (Fsp3) is 0.333. The van der Waals surface area contributed by atoms with E-state index in [1.54, 1.807) is 13.8 Å². The van der Waals surface area contributed by atoms with Crippen LogP contribution in [-0.2, 0) is 6.18 Å². The Morgan fingerprint density at radius 3 is 2.42 bits per heavy atom. The first-order chi connectivity index (χ1) is 12.1. The van der Waals surface area contributed by atoms with E-state index < -0.39 is 30.3 Å². The summed E-state index contributed by atoms with van der Waals surface area (Å²) in [5.41, 5.74) is 0.776. The Bertz CT molecular complexity index is 841. The zero-order chi connectivity index (χ0) is 19.6. The van der Waals surface area contributed by atoms with Crippen LogP contribution in [0.4, 0.5) is 13.2 Å². The maximum Gasteiger partial charge on any atom is 0.416 e. The van der Waals surface area contributed by atoms with E-state index in [1.807, 2.05) is 0 Å². The Hall–Kier alpha value is -2.61. The number of aliphatic hydroxyl groups excluding tert-OH is 1. The van der Waals surface area contributed by atoms with Crippen molar-refractivity contribution in [3.8, 4) is 0 Å². The topological polar surface area (TPSA) is 82.2 Å². The number of aryl methyl sites for hydroxylation is 1. The highest BCUT2D eigenvalue weighted by Gasteiger charge is 2.31. The van der Waals surface area contributed by atoms with E-state index in [0.29, 0.717) is 16.8 Å². The zero-order valence-electron chi connectivity index (χ0n) is 14.5. The van der Waals surface area contributed by atoms with Crippen LogP contribution in [0.25, 0.3) is 0 Å². The number of amides is 1. The van der Waals surface area contributed by atoms with Gasteiger partial charge >= 0.3 is 6.18 Å². The summed E-state index contributed by atoms with van der Waals surface area (Å²) in [6.07, 6.45) is -4.52. The molecule has 0 spiro atoms. The predicted octanol–water partition coefficient (Wildman–Crippen LogP) is 3.32. The lowest BCUT2D eigenvalue weighted by Gasteiger charge is -2.18. The molecule has 2 aromatic rings. The number of carbonyl (C=O) groups is 2. The molecule has 0 aliphatic heterocycles. The lowest BCUT2D eigenvalue weighted by molar-refractivity contribution is -0.137. The van der Waals surface area contributed by atoms with Crippen molar-refractivity contribution in [3.05, 3.63) is 57.9 Å². The van der Waals surface area contributed by atoms with Gasteiger partial charge < -0.3 is 15.4 Å². The number of hydrogen-bond donors (Lipinski definition) is 3. The Morgan fingerprint density at radius 1 is 1.27 bits per heavy atom. The van der Waals surface area contributed by atoms with Crippen molar-refractivity contribution in [2.75, 3.05) is 6.61 Å². The summed E-state index contributed by atoms with van der Waals surface area (Å²) >= 11 is 0. The number of halogens is 3. The van der Waals surface area contributed by atoms with Gasteiger partial charge in [0.1, 0.15) is 5.69 Å². The number of aromatic nitrogens is 1. The maximum atomic E-state index is 12.9. The Kier molecular flexibility index (Phi) is 5.56. The normalized spacial score (nSPS) is 12.7. The molecule has 0 aliphatic carbocycles. The number of carbonyl (C=O) groups excluding carboxylic acids is 2. The molecular formula is C18H19F3N2O3. The molecule has 0 bridgehead atoms. The van der Waals surface area contributed by atoms with Crippen molar-refractivity contribution in [1.82, 2.24) is 10.3 Å². The summed E-state index contributed by atoms with van der Waals surface area (Å²) in [4.78, 5) is 27.0. The Labute approximate surface area is 148 Å². The molecule has 3 N–H and O–H groups in total. The third-order valence-electron chi connectivity index (χ3n) is 4.12. The smallest absolute Gasteiger partial charge is 0.394 e. The average molecular weight is 368 g/mol. The van der Waals surface area contributed by atoms with Gasteiger partial charge in [-0.05, 0) is 44.0 Å². The van der Waals surface area contributed by atoms with Gasteiger partial charge in [0.2, 0.25) is 0 Å². The summed E-state index contributed by atoms with van der Waals surface area (Å²) in [5.74, 6) is -0.818. The van der Waals surface area contributed by atoms with Crippen LogP contribution in [0.1, 0.15) is 56.2 Å². The van der Waals surface area contributed by atoms with Gasteiger partial charge in [-0.25, -0.2) is 0 Å². The number of aliphatic hydroxyl groups is 1. The largest absolute Gasteiger partial charge is 0.416 e. The Balaban J connectivity index is 2.30. The molecule has 0 aliphatic rings. The standard InChI is InChI=1S/C18H19F3N2O3/c1-9-15(11(3)25)10(2)22-16(9)17(26)23-14(8-24)12-5-4-6-13(7-12)18(19,20)21/h4-7,14,22,24H,8H2,1-3H3,(H,23,26). The number of Topliss-reactive ketones (excluding diaryl/α,β-unsaturated/α-hetero) is 1. The summed E-state index contributed by atoms with van der Waals surface area (Å²) in [6.45, 7) is 4.06. The number of ketones is 1. The fourth-order valence-corrected chi connectivity index (χ4v) is 2.90. The van der Waals surface area contributed by atoms with Crippen LogP contribution in [0.5, 0.6) is 0 Å². The molecule has 1 unspecified atom stereocenters. The molecule has 1 atom stereocenters. The van der Waals surface area contributed by atoms with Crippen LogP contribution in [0.3, 0.4) is 0 Å². The van der Waals surface area contributed by atoms with Crippen molar-refractivity contribution in [2.24, 2.45) is 0 Å². The van der Waals surface area contributed by atoms with Gasteiger partial charge in [0.15, 0.2) is 5.78 Å². The molecule has 0 radical (unpaired) electrons. The molecule has 0 fully saturated rings. The second-order valence-corrected chi connectivity index (χ2v) is 6.01. The number of nitrogens with one attached hydrogen (secondary N) is 2. The molecule has 5 nitrogen and oxygen atoms in total. The van der Waals surface area contributed by atoms with Crippen LogP contribution in [0.15, 0.2) is 24.3 Å². The van der Waals surface area contributed by atoms with Gasteiger partial charge in [0, 0.05) is 11.3 Å². The summed E-state index contributed by atoms with van der Waals surface area (Å²) in [5, 5.41) is 12.0. The number of hydrogen-bond acceptors (Lipinski definition) is 3. The van der Waals surface area contributed by atoms with E-state index in [4.69, 9.17) is 0 Å². The molecule has 2 rings (SSSR count). The predicted molar refractivity (Wildman–Crippen MR) is 89.0 cm³/mol. The number of H-pyrrole nitrogens is 1. The van der Waals surface area contributed by atoms with Crippen molar-refractivity contribution < 1.29 is 27.9 Å². The monoisotopic (exact) mass is 368 g/mol. The minimum absolute atomic E-state index is 0.128. The Morgan fingerprint density at radius 2 is 1.92 bits per heavy atom. The second-order valence-electron chi connectivity index (χ2n) is 6.01. The molecule has 0 saturated carbocycles. The van der Waals surface area contributed by atoms with E-state index in [-0.39, 0.29) is 17.0 Å². The number of rotatable bonds is 5. The molecule has 1 amide bonds. The van der Waals surface area contributed by atoms with E-state index in [1.165, 1.54) is 19.1 Å². The minimum Gasteiger partial charge on any atom is -0.394 e. The van der Waals surface area contributed by atoms with Crippen molar-refractivity contribution in [2.45, 2.75) is 33.0 Å². The van der Waals surface area contributed by atoms with Crippen LogP contribution < -0.4 is 5.32 Å². The fourth-order valence-electron chi connectivity index (χ4n) is 2.90. The van der Waals surface area contributed by atoms with E-state index >= 15 is 0 Å². The van der Waals surface area contributed by atoms with Gasteiger partial charge in [0.25, 0.3) is 5.91 Å². The molecule has 140 valence electrons. The molecule has 26 heavy (non-hydrogen) atoms. The first-order valence-electron chi connectivity index (χ1n) is 7.85. The first-order valence-corrected chi connectivity index (χ1v) is 7.85. The third kappa shape index (κ3) is 3.96. The quantitative estimate of drug-likeness (QED) is 0.708. The number of aromatic amines is 1. The van der Waals surface area contributed by atoms with Crippen molar-refractivity contribution >= 4 is 11.7 Å². The average Bonchev–Trinajstić information content (AvgIpc) is 2.86. The van der Waals surface area contributed by atoms with Gasteiger partial charge in [-0.15, -0.1) is 0 Å². The lowest BCUT2D eigenvalue weighted by Crippen LogP contribution is -2.31. The van der Waals surface area contributed by atoms with E-state index in [0.717, 1.165) is 12.1 Å². The van der Waals surface area contributed by atoms with Crippen molar-refractivity contribution in [1.29, 1.82) is 0 Å². The van der Waals surface area contributed by atoms with E-state index in [9.17, 15) is 27.9 Å². The molecule has 1 aromatic heterocycles. The van der Waals surface area contributed by atoms with Crippen LogP contribution in [-0.4, -0.2) is 28.4 Å². The highest BCUT2D eigenvalue weighted by Crippen LogP contribution is 2.31. The highest BCUT2D eigenvalue weighted by atomic mass is 19.4. The van der Waals surface area contributed by atoms with Crippen LogP contribution >= 0.6 is 0 Å². The maximum absolute atomic E-state index is 12.9. The molecule has 1 heterocycles. The van der Waals surface area contributed by atoms with Gasteiger partial charge in [-0.2, -0.15) is 13.2 Å². The zero-order valence-corrected chi connectivity index (χ0v) is 14.5. The highest BCUT2D eigenvalue weighted by molar-refractivity contribution is 6.02. The summed E-state index contributed by atoms with van der Waals surface area (Å²) in [6, 6.07) is 3.38. The van der Waals surface area contributed by atoms with Crippen molar-refractivity contribution in [3.63, 3.8) is 0 Å². The van der Waals surface area contributed by atoms with Crippen LogP contribution in [0.2, 0.25) is 0 Å². The molecule has 0 saturated heterocycles. The molecule has 8 heteroatoms. The molecular weight excluding hydrogens is 349 g/mol. The van der Waals surface area contributed by atoms with Gasteiger partial charge in [-0.1, -0.05) is 12.1 Å². The van der Waals surface area contributed by atoms with Crippen LogP contribution in [0, 0.1) is 13.8 Å². The first kappa shape index (κ1) is 19.7. The third-order valence-corrected chi connectivity index (χ3v) is 4.12. The summed E-state index contributed by atoms with van der Waals surface area (Å²) in [7, 11) is 0. The minimum atomic E-state index is -4.52. The SMILES string of the molecule is CC(=O)c1c(C)[nH]c(C(=O)NC(CO)c2cccc(C(F)(F)F)c2)c1C. The van der Waals surface area contributed by atoms with E-state index in [2.05, 4.69) is 10.3 Å². The molecule has 1 aromatic carbocycles. The van der Waals surface area contributed by atoms with Gasteiger partial charge in [-0.3, -0.25) is 9.59 Å². The number of alkyl halides is 3. The second kappa shape index (κ2) is 7.33. The summed E-state index contributed by atoms with van der Waals surface area (Å²) < 4.78 is 38.6. The number of benzene rings is 1. The lowest BCUT2D eigenvalue weighted by atomic mass is 10.0.